The maximum absolute atomic E-state index is 11.7. The van der Waals surface area contributed by atoms with Crippen LogP contribution in [0.2, 0.25) is 0 Å². The van der Waals surface area contributed by atoms with Crippen LogP contribution >= 0.6 is 0 Å². The molecule has 0 radical (unpaired) electrons. The van der Waals surface area contributed by atoms with Gasteiger partial charge in [-0.3, -0.25) is 4.79 Å². The lowest BCUT2D eigenvalue weighted by Crippen LogP contribution is -2.09. The quantitative estimate of drug-likeness (QED) is 0.692. The highest BCUT2D eigenvalue weighted by atomic mass is 16.5. The van der Waals surface area contributed by atoms with Crippen LogP contribution in [0.15, 0.2) is 24.3 Å². The predicted octanol–water partition coefficient (Wildman–Crippen LogP) is 2.99. The summed E-state index contributed by atoms with van der Waals surface area (Å²) in [4.78, 5) is 11.7. The van der Waals surface area contributed by atoms with Crippen LogP contribution in [-0.2, 0) is 4.74 Å². The molecule has 1 aromatic carbocycles. The van der Waals surface area contributed by atoms with Crippen molar-refractivity contribution in [2.75, 3.05) is 6.61 Å². The molecule has 0 amide bonds. The smallest absolute Gasteiger partial charge is 0.165 e. The van der Waals surface area contributed by atoms with Gasteiger partial charge in [-0.25, -0.2) is 0 Å². The first kappa shape index (κ1) is 11.9. The minimum Gasteiger partial charge on any atom is -0.378 e. The Bertz CT molecular complexity index is 329. The van der Waals surface area contributed by atoms with E-state index in [-0.39, 0.29) is 11.9 Å². The number of hydrogen-bond donors (Lipinski definition) is 0. The van der Waals surface area contributed by atoms with Gasteiger partial charge in [-0.15, -0.1) is 0 Å². The van der Waals surface area contributed by atoms with E-state index in [0.29, 0.717) is 13.0 Å². The number of rotatable bonds is 5. The summed E-state index contributed by atoms with van der Waals surface area (Å²) in [5, 5.41) is 0. The highest BCUT2D eigenvalue weighted by Gasteiger charge is 2.05. The van der Waals surface area contributed by atoms with Gasteiger partial charge in [-0.05, 0) is 26.8 Å². The van der Waals surface area contributed by atoms with Gasteiger partial charge in [-0.1, -0.05) is 23.8 Å². The fourth-order valence-corrected chi connectivity index (χ4v) is 1.35. The minimum atomic E-state index is 0.152. The molecule has 0 atom stereocenters. The van der Waals surface area contributed by atoms with Crippen LogP contribution in [0.1, 0.15) is 36.2 Å². The first-order chi connectivity index (χ1) is 7.09. The van der Waals surface area contributed by atoms with E-state index in [4.69, 9.17) is 4.74 Å². The van der Waals surface area contributed by atoms with Gasteiger partial charge in [0.25, 0.3) is 0 Å². The Balaban J connectivity index is 2.47. The van der Waals surface area contributed by atoms with Crippen LogP contribution in [-0.4, -0.2) is 18.5 Å². The molecule has 0 aliphatic rings. The lowest BCUT2D eigenvalue weighted by molar-refractivity contribution is 0.0678. The summed E-state index contributed by atoms with van der Waals surface area (Å²) in [7, 11) is 0. The van der Waals surface area contributed by atoms with Gasteiger partial charge in [0, 0.05) is 12.0 Å². The Hall–Kier alpha value is -1.15. The third-order valence-corrected chi connectivity index (χ3v) is 2.12. The molecule has 0 aliphatic carbocycles. The second-order valence-corrected chi connectivity index (χ2v) is 3.96. The molecule has 0 N–H and O–H groups in total. The monoisotopic (exact) mass is 206 g/mol. The summed E-state index contributed by atoms with van der Waals surface area (Å²) in [5.41, 5.74) is 1.90. The van der Waals surface area contributed by atoms with Crippen LogP contribution in [0.25, 0.3) is 0 Å². The van der Waals surface area contributed by atoms with E-state index in [9.17, 15) is 4.79 Å². The van der Waals surface area contributed by atoms with Gasteiger partial charge in [0.2, 0.25) is 0 Å². The molecule has 0 aromatic heterocycles. The average Bonchev–Trinajstić information content (AvgIpc) is 2.17. The van der Waals surface area contributed by atoms with Crippen molar-refractivity contribution >= 4 is 5.78 Å². The SMILES string of the molecule is Cc1cccc(C(=O)CCOC(C)C)c1. The Morgan fingerprint density at radius 2 is 2.13 bits per heavy atom. The van der Waals surface area contributed by atoms with Crippen LogP contribution in [0.3, 0.4) is 0 Å². The third kappa shape index (κ3) is 4.26. The number of carbonyl (C=O) groups is 1. The van der Waals surface area contributed by atoms with E-state index < -0.39 is 0 Å². The number of ether oxygens (including phenoxy) is 1. The number of ketones is 1. The highest BCUT2D eigenvalue weighted by molar-refractivity contribution is 5.96. The van der Waals surface area contributed by atoms with Crippen LogP contribution in [0.5, 0.6) is 0 Å². The molecule has 0 unspecified atom stereocenters. The molecule has 0 saturated carbocycles. The molecule has 0 aliphatic heterocycles. The summed E-state index contributed by atoms with van der Waals surface area (Å²) >= 11 is 0. The Kier molecular flexibility index (Phi) is 4.50. The summed E-state index contributed by atoms with van der Waals surface area (Å²) in [5.74, 6) is 0.152. The number of carbonyl (C=O) groups excluding carboxylic acids is 1. The molecule has 1 rings (SSSR count). The zero-order valence-electron chi connectivity index (χ0n) is 9.62. The third-order valence-electron chi connectivity index (χ3n) is 2.12. The Labute approximate surface area is 91.3 Å². The molecule has 15 heavy (non-hydrogen) atoms. The van der Waals surface area contributed by atoms with Gasteiger partial charge < -0.3 is 4.74 Å². The Morgan fingerprint density at radius 3 is 2.73 bits per heavy atom. The van der Waals surface area contributed by atoms with E-state index in [0.717, 1.165) is 11.1 Å². The maximum atomic E-state index is 11.7. The average molecular weight is 206 g/mol. The van der Waals surface area contributed by atoms with Crippen molar-refractivity contribution in [3.63, 3.8) is 0 Å². The molecule has 0 heterocycles. The lowest BCUT2D eigenvalue weighted by Gasteiger charge is -2.06. The standard InChI is InChI=1S/C13H18O2/c1-10(2)15-8-7-13(14)12-6-4-5-11(3)9-12/h4-6,9-10H,7-8H2,1-3H3. The molecule has 1 aromatic rings. The minimum absolute atomic E-state index is 0.152. The van der Waals surface area contributed by atoms with Crippen molar-refractivity contribution in [2.45, 2.75) is 33.3 Å². The highest BCUT2D eigenvalue weighted by Crippen LogP contribution is 2.07. The van der Waals surface area contributed by atoms with Gasteiger partial charge >= 0.3 is 0 Å². The van der Waals surface area contributed by atoms with Gasteiger partial charge in [0.1, 0.15) is 0 Å². The molecule has 0 spiro atoms. The number of hydrogen-bond acceptors (Lipinski definition) is 2. The van der Waals surface area contributed by atoms with Gasteiger partial charge in [0.15, 0.2) is 5.78 Å². The van der Waals surface area contributed by atoms with Crippen molar-refractivity contribution < 1.29 is 9.53 Å². The van der Waals surface area contributed by atoms with E-state index in [1.807, 2.05) is 45.0 Å². The van der Waals surface area contributed by atoms with Gasteiger partial charge in [-0.2, -0.15) is 0 Å². The largest absolute Gasteiger partial charge is 0.378 e. The fraction of sp³-hybridized carbons (Fsp3) is 0.462. The zero-order chi connectivity index (χ0) is 11.3. The van der Waals surface area contributed by atoms with Crippen molar-refractivity contribution in [3.05, 3.63) is 35.4 Å². The molecule has 2 nitrogen and oxygen atoms in total. The van der Waals surface area contributed by atoms with Gasteiger partial charge in [0.05, 0.1) is 12.7 Å². The molecule has 0 fully saturated rings. The predicted molar refractivity (Wildman–Crippen MR) is 61.2 cm³/mol. The number of Topliss-reactive ketones (excluding diaryl/α,β-unsaturated/α-hetero) is 1. The van der Waals surface area contributed by atoms with E-state index >= 15 is 0 Å². The van der Waals surface area contributed by atoms with E-state index in [1.54, 1.807) is 0 Å². The lowest BCUT2D eigenvalue weighted by atomic mass is 10.1. The van der Waals surface area contributed by atoms with Crippen molar-refractivity contribution in [2.24, 2.45) is 0 Å². The summed E-state index contributed by atoms with van der Waals surface area (Å²) < 4.78 is 5.34. The van der Waals surface area contributed by atoms with E-state index in [2.05, 4.69) is 0 Å². The second kappa shape index (κ2) is 5.66. The Morgan fingerprint density at radius 1 is 1.40 bits per heavy atom. The van der Waals surface area contributed by atoms with Crippen molar-refractivity contribution in [1.82, 2.24) is 0 Å². The first-order valence-corrected chi connectivity index (χ1v) is 5.31. The topological polar surface area (TPSA) is 26.3 Å². The van der Waals surface area contributed by atoms with Crippen LogP contribution < -0.4 is 0 Å². The summed E-state index contributed by atoms with van der Waals surface area (Å²) in [6, 6.07) is 7.66. The number of aryl methyl sites for hydroxylation is 1. The molecular weight excluding hydrogens is 188 g/mol. The molecular formula is C13H18O2. The zero-order valence-corrected chi connectivity index (χ0v) is 9.62. The summed E-state index contributed by atoms with van der Waals surface area (Å²) in [6.45, 7) is 6.43. The molecule has 82 valence electrons. The summed E-state index contributed by atoms with van der Waals surface area (Å²) in [6.07, 6.45) is 0.650. The normalized spacial score (nSPS) is 10.7. The van der Waals surface area contributed by atoms with Crippen LogP contribution in [0.4, 0.5) is 0 Å². The fourth-order valence-electron chi connectivity index (χ4n) is 1.35. The molecule has 2 heteroatoms. The number of benzene rings is 1. The van der Waals surface area contributed by atoms with Crippen LogP contribution in [0, 0.1) is 6.92 Å². The van der Waals surface area contributed by atoms with Crippen molar-refractivity contribution in [1.29, 1.82) is 0 Å². The maximum Gasteiger partial charge on any atom is 0.165 e. The van der Waals surface area contributed by atoms with E-state index in [1.165, 1.54) is 0 Å². The molecule has 0 bridgehead atoms. The van der Waals surface area contributed by atoms with Crippen molar-refractivity contribution in [3.8, 4) is 0 Å². The molecule has 0 saturated heterocycles. The first-order valence-electron chi connectivity index (χ1n) is 5.31. The second-order valence-electron chi connectivity index (χ2n) is 3.96.